The summed E-state index contributed by atoms with van der Waals surface area (Å²) in [5.74, 6) is 0. The van der Waals surface area contributed by atoms with Crippen molar-refractivity contribution in [3.8, 4) is 0 Å². The Morgan fingerprint density at radius 1 is 1.30 bits per heavy atom. The number of aromatic nitrogens is 2. The first kappa shape index (κ1) is 16.0. The highest BCUT2D eigenvalue weighted by atomic mass is 32.1. The summed E-state index contributed by atoms with van der Waals surface area (Å²) in [6, 6.07) is 10.4. The average molecular weight is 330 g/mol. The summed E-state index contributed by atoms with van der Waals surface area (Å²) in [5, 5.41) is 4.23. The molecular weight excluding hydrogens is 308 g/mol. The van der Waals surface area contributed by atoms with Crippen LogP contribution in [0.1, 0.15) is 30.4 Å². The first-order chi connectivity index (χ1) is 11.3. The van der Waals surface area contributed by atoms with E-state index in [0.29, 0.717) is 6.61 Å². The highest BCUT2D eigenvalue weighted by molar-refractivity contribution is 7.80. The minimum Gasteiger partial charge on any atom is -0.383 e. The molecule has 1 aliphatic rings. The van der Waals surface area contributed by atoms with Gasteiger partial charge in [0.15, 0.2) is 5.11 Å². The van der Waals surface area contributed by atoms with E-state index >= 15 is 0 Å². The number of thiocarbonyl (C=S) groups is 1. The fourth-order valence-electron chi connectivity index (χ4n) is 3.16. The fourth-order valence-corrected chi connectivity index (χ4v) is 3.53. The van der Waals surface area contributed by atoms with E-state index in [-0.39, 0.29) is 12.1 Å². The van der Waals surface area contributed by atoms with Gasteiger partial charge in [0.25, 0.3) is 0 Å². The number of hydrogen-bond donors (Lipinski definition) is 1. The number of pyridine rings is 1. The first-order valence-electron chi connectivity index (χ1n) is 7.88. The molecule has 1 saturated heterocycles. The monoisotopic (exact) mass is 330 g/mol. The molecule has 2 aromatic rings. The standard InChI is InChI=1S/C17H22N4OS/c1-3-21-16(14-8-6-10-20(14)11-12-22-2)15(19-17(21)23)13-7-4-5-9-18-13/h4-10,15-16H,3,11-12H2,1-2H3,(H,19,23). The summed E-state index contributed by atoms with van der Waals surface area (Å²) in [5.41, 5.74) is 2.24. The molecular formula is C17H22N4OS. The number of hydrogen-bond acceptors (Lipinski definition) is 3. The minimum atomic E-state index is 0.0554. The Morgan fingerprint density at radius 2 is 2.17 bits per heavy atom. The van der Waals surface area contributed by atoms with E-state index in [0.717, 1.165) is 23.9 Å². The first-order valence-corrected chi connectivity index (χ1v) is 8.29. The number of methoxy groups -OCH3 is 1. The highest BCUT2D eigenvalue weighted by Crippen LogP contribution is 2.38. The molecule has 0 spiro atoms. The Bertz CT molecular complexity index is 658. The van der Waals surface area contributed by atoms with Crippen molar-refractivity contribution < 1.29 is 4.74 Å². The van der Waals surface area contributed by atoms with Crippen LogP contribution >= 0.6 is 12.2 Å². The van der Waals surface area contributed by atoms with Crippen LogP contribution in [0.2, 0.25) is 0 Å². The molecule has 3 heterocycles. The lowest BCUT2D eigenvalue weighted by Crippen LogP contribution is -2.30. The van der Waals surface area contributed by atoms with Gasteiger partial charge in [-0.1, -0.05) is 6.07 Å². The van der Waals surface area contributed by atoms with Gasteiger partial charge in [-0.05, 0) is 43.4 Å². The van der Waals surface area contributed by atoms with Gasteiger partial charge in [0.05, 0.1) is 24.4 Å². The SMILES string of the molecule is CCN1C(=S)NC(c2ccccn2)C1c1cccn1CCOC. The summed E-state index contributed by atoms with van der Waals surface area (Å²) < 4.78 is 7.47. The Kier molecular flexibility index (Phi) is 4.93. The molecule has 2 unspecified atom stereocenters. The van der Waals surface area contributed by atoms with Crippen molar-refractivity contribution in [2.24, 2.45) is 0 Å². The largest absolute Gasteiger partial charge is 0.383 e. The van der Waals surface area contributed by atoms with E-state index in [9.17, 15) is 0 Å². The lowest BCUT2D eigenvalue weighted by atomic mass is 10.0. The van der Waals surface area contributed by atoms with Crippen molar-refractivity contribution >= 4 is 17.3 Å². The molecule has 5 nitrogen and oxygen atoms in total. The predicted octanol–water partition coefficient (Wildman–Crippen LogP) is 2.52. The summed E-state index contributed by atoms with van der Waals surface area (Å²) in [6.45, 7) is 4.50. The third-order valence-electron chi connectivity index (χ3n) is 4.24. The fraction of sp³-hybridized carbons (Fsp3) is 0.412. The Balaban J connectivity index is 1.98. The lowest BCUT2D eigenvalue weighted by Gasteiger charge is -2.27. The molecule has 3 rings (SSSR count). The van der Waals surface area contributed by atoms with Gasteiger partial charge in [-0.2, -0.15) is 0 Å². The van der Waals surface area contributed by atoms with Gasteiger partial charge in [-0.3, -0.25) is 4.98 Å². The molecule has 0 aromatic carbocycles. The van der Waals surface area contributed by atoms with Crippen LogP contribution in [0.4, 0.5) is 0 Å². The van der Waals surface area contributed by atoms with Crippen molar-refractivity contribution in [3.63, 3.8) is 0 Å². The summed E-state index contributed by atoms with van der Waals surface area (Å²) in [4.78, 5) is 6.76. The van der Waals surface area contributed by atoms with Crippen LogP contribution in [-0.2, 0) is 11.3 Å². The van der Waals surface area contributed by atoms with Crippen LogP contribution in [0, 0.1) is 0 Å². The third-order valence-corrected chi connectivity index (χ3v) is 4.59. The van der Waals surface area contributed by atoms with Gasteiger partial charge < -0.3 is 19.5 Å². The molecule has 0 bridgehead atoms. The van der Waals surface area contributed by atoms with E-state index in [1.165, 1.54) is 5.69 Å². The number of nitrogens with one attached hydrogen (secondary N) is 1. The smallest absolute Gasteiger partial charge is 0.170 e. The molecule has 2 aromatic heterocycles. The Labute approximate surface area is 142 Å². The topological polar surface area (TPSA) is 42.3 Å². The highest BCUT2D eigenvalue weighted by Gasteiger charge is 2.40. The minimum absolute atomic E-state index is 0.0554. The second-order valence-corrected chi connectivity index (χ2v) is 5.92. The number of likely N-dealkylation sites (N-methyl/N-ethyl adjacent to an activating group) is 1. The maximum Gasteiger partial charge on any atom is 0.170 e. The van der Waals surface area contributed by atoms with Gasteiger partial charge in [-0.15, -0.1) is 0 Å². The molecule has 0 aliphatic carbocycles. The van der Waals surface area contributed by atoms with E-state index in [2.05, 4.69) is 51.1 Å². The molecule has 6 heteroatoms. The maximum atomic E-state index is 5.55. The van der Waals surface area contributed by atoms with E-state index < -0.39 is 0 Å². The van der Waals surface area contributed by atoms with E-state index in [4.69, 9.17) is 17.0 Å². The van der Waals surface area contributed by atoms with E-state index in [1.54, 1.807) is 7.11 Å². The maximum absolute atomic E-state index is 5.55. The van der Waals surface area contributed by atoms with Crippen LogP contribution in [-0.4, -0.2) is 39.8 Å². The summed E-state index contributed by atoms with van der Waals surface area (Å²) in [7, 11) is 1.73. The van der Waals surface area contributed by atoms with E-state index in [1.807, 2.05) is 18.3 Å². The zero-order chi connectivity index (χ0) is 16.2. The van der Waals surface area contributed by atoms with Gasteiger partial charge in [-0.25, -0.2) is 0 Å². The van der Waals surface area contributed by atoms with Crippen molar-refractivity contribution in [3.05, 3.63) is 54.1 Å². The van der Waals surface area contributed by atoms with Gasteiger partial charge >= 0.3 is 0 Å². The number of rotatable bonds is 6. The Hall–Kier alpha value is -1.92. The van der Waals surface area contributed by atoms with Crippen LogP contribution in [0.5, 0.6) is 0 Å². The second-order valence-electron chi connectivity index (χ2n) is 5.53. The van der Waals surface area contributed by atoms with Crippen molar-refractivity contribution in [1.82, 2.24) is 19.8 Å². The van der Waals surface area contributed by atoms with Crippen LogP contribution in [0.15, 0.2) is 42.7 Å². The molecule has 0 radical (unpaired) electrons. The Morgan fingerprint density at radius 3 is 2.87 bits per heavy atom. The van der Waals surface area contributed by atoms with Crippen molar-refractivity contribution in [2.75, 3.05) is 20.3 Å². The molecule has 1 aliphatic heterocycles. The molecule has 0 saturated carbocycles. The van der Waals surface area contributed by atoms with Crippen LogP contribution in [0.3, 0.4) is 0 Å². The molecule has 1 N–H and O–H groups in total. The van der Waals surface area contributed by atoms with Crippen LogP contribution in [0.25, 0.3) is 0 Å². The molecule has 1 fully saturated rings. The molecule has 23 heavy (non-hydrogen) atoms. The molecule has 0 amide bonds. The zero-order valence-electron chi connectivity index (χ0n) is 13.5. The zero-order valence-corrected chi connectivity index (χ0v) is 14.3. The molecule has 2 atom stereocenters. The van der Waals surface area contributed by atoms with Crippen molar-refractivity contribution in [2.45, 2.75) is 25.6 Å². The van der Waals surface area contributed by atoms with Crippen molar-refractivity contribution in [1.29, 1.82) is 0 Å². The lowest BCUT2D eigenvalue weighted by molar-refractivity contribution is 0.184. The summed E-state index contributed by atoms with van der Waals surface area (Å²) in [6.07, 6.45) is 3.93. The predicted molar refractivity (Wildman–Crippen MR) is 94.1 cm³/mol. The number of ether oxygens (including phenoxy) is 1. The van der Waals surface area contributed by atoms with Gasteiger partial charge in [0.1, 0.15) is 0 Å². The quantitative estimate of drug-likeness (QED) is 0.825. The van der Waals surface area contributed by atoms with Crippen LogP contribution < -0.4 is 5.32 Å². The second kappa shape index (κ2) is 7.10. The summed E-state index contributed by atoms with van der Waals surface area (Å²) >= 11 is 5.55. The molecule has 122 valence electrons. The third kappa shape index (κ3) is 3.09. The van der Waals surface area contributed by atoms with Gasteiger partial charge in [0.2, 0.25) is 0 Å². The van der Waals surface area contributed by atoms with Gasteiger partial charge in [0, 0.05) is 38.3 Å². The normalized spacial score (nSPS) is 20.8. The average Bonchev–Trinajstić information content (AvgIpc) is 3.17. The number of nitrogens with zero attached hydrogens (tertiary/aromatic N) is 3.